The summed E-state index contributed by atoms with van der Waals surface area (Å²) in [7, 11) is 0. The molecule has 0 aliphatic heterocycles. The van der Waals surface area contributed by atoms with Gasteiger partial charge in [-0.25, -0.2) is 9.67 Å². The largest absolute Gasteiger partial charge is 0.416 e. The lowest BCUT2D eigenvalue weighted by Crippen LogP contribution is -2.23. The van der Waals surface area contributed by atoms with Crippen LogP contribution < -0.4 is 5.73 Å². The maximum atomic E-state index is 12.9. The smallest absolute Gasteiger partial charge is 0.322 e. The SMILES string of the molecule is Cc1nc(C)n(CC(N)c2ccccc2C(F)(F)F)n1. The fraction of sp³-hybridized carbons (Fsp3) is 0.385. The zero-order valence-electron chi connectivity index (χ0n) is 11.1. The molecule has 0 fully saturated rings. The summed E-state index contributed by atoms with van der Waals surface area (Å²) in [4.78, 5) is 4.10. The summed E-state index contributed by atoms with van der Waals surface area (Å²) in [5.74, 6) is 1.20. The van der Waals surface area contributed by atoms with Gasteiger partial charge in [-0.15, -0.1) is 0 Å². The summed E-state index contributed by atoms with van der Waals surface area (Å²) in [6.07, 6.45) is -4.42. The molecule has 0 saturated carbocycles. The fourth-order valence-corrected chi connectivity index (χ4v) is 2.10. The van der Waals surface area contributed by atoms with Crippen molar-refractivity contribution in [3.05, 3.63) is 47.0 Å². The molecule has 108 valence electrons. The Bertz CT molecular complexity index is 604. The molecule has 20 heavy (non-hydrogen) atoms. The molecular weight excluding hydrogens is 269 g/mol. The van der Waals surface area contributed by atoms with Gasteiger partial charge in [0, 0.05) is 0 Å². The number of hydrogen-bond donors (Lipinski definition) is 1. The molecule has 0 radical (unpaired) electrons. The van der Waals surface area contributed by atoms with Crippen LogP contribution in [0, 0.1) is 13.8 Å². The van der Waals surface area contributed by atoms with Gasteiger partial charge >= 0.3 is 6.18 Å². The van der Waals surface area contributed by atoms with E-state index in [4.69, 9.17) is 5.73 Å². The minimum Gasteiger partial charge on any atom is -0.322 e. The minimum absolute atomic E-state index is 0.0625. The van der Waals surface area contributed by atoms with Gasteiger partial charge in [-0.2, -0.15) is 18.3 Å². The number of benzene rings is 1. The molecule has 1 aromatic heterocycles. The average molecular weight is 284 g/mol. The van der Waals surface area contributed by atoms with Crippen LogP contribution in [0.25, 0.3) is 0 Å². The quantitative estimate of drug-likeness (QED) is 0.942. The predicted octanol–water partition coefficient (Wildman–Crippen LogP) is 2.61. The standard InChI is InChI=1S/C13H15F3N4/c1-8-18-9(2)20(19-8)7-12(17)10-5-3-4-6-11(10)13(14,15)16/h3-6,12H,7,17H2,1-2H3. The summed E-state index contributed by atoms with van der Waals surface area (Å²) >= 11 is 0. The van der Waals surface area contributed by atoms with Crippen LogP contribution in [0.2, 0.25) is 0 Å². The summed E-state index contributed by atoms with van der Waals surface area (Å²) in [5, 5.41) is 4.11. The summed E-state index contributed by atoms with van der Waals surface area (Å²) in [6, 6.07) is 4.53. The molecule has 1 aromatic carbocycles. The molecule has 4 nitrogen and oxygen atoms in total. The average Bonchev–Trinajstić information content (AvgIpc) is 2.66. The Morgan fingerprint density at radius 1 is 1.25 bits per heavy atom. The molecule has 1 atom stereocenters. The summed E-state index contributed by atoms with van der Waals surface area (Å²) in [6.45, 7) is 3.61. The Kier molecular flexibility index (Phi) is 3.80. The molecule has 2 aromatic rings. The lowest BCUT2D eigenvalue weighted by atomic mass is 10.0. The number of aromatic nitrogens is 3. The molecule has 2 rings (SSSR count). The number of nitrogens with two attached hydrogens (primary N) is 1. The van der Waals surface area contributed by atoms with E-state index in [9.17, 15) is 13.2 Å². The second kappa shape index (κ2) is 5.24. The van der Waals surface area contributed by atoms with Gasteiger partial charge in [0.1, 0.15) is 11.6 Å². The first-order valence-corrected chi connectivity index (χ1v) is 6.09. The van der Waals surface area contributed by atoms with Crippen LogP contribution >= 0.6 is 0 Å². The van der Waals surface area contributed by atoms with Crippen molar-refractivity contribution < 1.29 is 13.2 Å². The molecule has 0 aliphatic carbocycles. The lowest BCUT2D eigenvalue weighted by molar-refractivity contribution is -0.138. The van der Waals surface area contributed by atoms with E-state index in [1.54, 1.807) is 19.9 Å². The Balaban J connectivity index is 2.30. The molecule has 1 unspecified atom stereocenters. The van der Waals surface area contributed by atoms with Gasteiger partial charge in [-0.1, -0.05) is 18.2 Å². The van der Waals surface area contributed by atoms with E-state index in [-0.39, 0.29) is 12.1 Å². The molecule has 0 saturated heterocycles. The third kappa shape index (κ3) is 2.98. The van der Waals surface area contributed by atoms with Crippen molar-refractivity contribution in [2.75, 3.05) is 0 Å². The van der Waals surface area contributed by atoms with Crippen LogP contribution in [0.4, 0.5) is 13.2 Å². The van der Waals surface area contributed by atoms with Gasteiger partial charge in [0.15, 0.2) is 0 Å². The van der Waals surface area contributed by atoms with Crippen molar-refractivity contribution in [2.24, 2.45) is 5.73 Å². The fourth-order valence-electron chi connectivity index (χ4n) is 2.10. The molecule has 0 bridgehead atoms. The number of nitrogens with zero attached hydrogens (tertiary/aromatic N) is 3. The van der Waals surface area contributed by atoms with E-state index in [0.29, 0.717) is 11.6 Å². The highest BCUT2D eigenvalue weighted by atomic mass is 19.4. The van der Waals surface area contributed by atoms with Crippen molar-refractivity contribution in [3.8, 4) is 0 Å². The molecule has 0 aliphatic rings. The number of rotatable bonds is 3. The van der Waals surface area contributed by atoms with Crippen molar-refractivity contribution >= 4 is 0 Å². The Hall–Kier alpha value is -1.89. The van der Waals surface area contributed by atoms with Gasteiger partial charge in [0.2, 0.25) is 0 Å². The van der Waals surface area contributed by atoms with E-state index < -0.39 is 17.8 Å². The van der Waals surface area contributed by atoms with Crippen LogP contribution in [0.3, 0.4) is 0 Å². The number of hydrogen-bond acceptors (Lipinski definition) is 3. The molecular formula is C13H15F3N4. The predicted molar refractivity (Wildman–Crippen MR) is 67.9 cm³/mol. The number of alkyl halides is 3. The number of aryl methyl sites for hydroxylation is 2. The Morgan fingerprint density at radius 3 is 2.45 bits per heavy atom. The van der Waals surface area contributed by atoms with Gasteiger partial charge in [0.05, 0.1) is 18.2 Å². The zero-order valence-corrected chi connectivity index (χ0v) is 11.1. The van der Waals surface area contributed by atoms with Crippen molar-refractivity contribution in [1.82, 2.24) is 14.8 Å². The molecule has 0 spiro atoms. The highest BCUT2D eigenvalue weighted by Gasteiger charge is 2.34. The molecule has 2 N–H and O–H groups in total. The minimum atomic E-state index is -4.42. The number of halogens is 3. The third-order valence-electron chi connectivity index (χ3n) is 3.00. The van der Waals surface area contributed by atoms with Crippen LogP contribution in [-0.4, -0.2) is 14.8 Å². The maximum absolute atomic E-state index is 12.9. The molecule has 7 heteroatoms. The second-order valence-electron chi connectivity index (χ2n) is 4.58. The summed E-state index contributed by atoms with van der Waals surface area (Å²) < 4.78 is 40.3. The first-order chi connectivity index (χ1) is 9.29. The van der Waals surface area contributed by atoms with Gasteiger partial charge < -0.3 is 5.73 Å². The lowest BCUT2D eigenvalue weighted by Gasteiger charge is -2.18. The highest BCUT2D eigenvalue weighted by molar-refractivity contribution is 5.32. The monoisotopic (exact) mass is 284 g/mol. The normalized spacial score (nSPS) is 13.5. The Morgan fingerprint density at radius 2 is 1.90 bits per heavy atom. The Labute approximate surface area is 114 Å². The van der Waals surface area contributed by atoms with Crippen molar-refractivity contribution in [3.63, 3.8) is 0 Å². The van der Waals surface area contributed by atoms with E-state index in [1.807, 2.05) is 0 Å². The highest BCUT2D eigenvalue weighted by Crippen LogP contribution is 2.34. The van der Waals surface area contributed by atoms with E-state index >= 15 is 0 Å². The van der Waals surface area contributed by atoms with Gasteiger partial charge in [-0.05, 0) is 25.5 Å². The first kappa shape index (κ1) is 14.5. The topological polar surface area (TPSA) is 56.7 Å². The van der Waals surface area contributed by atoms with E-state index in [0.717, 1.165) is 6.07 Å². The van der Waals surface area contributed by atoms with Gasteiger partial charge in [-0.3, -0.25) is 0 Å². The van der Waals surface area contributed by atoms with Crippen LogP contribution in [0.15, 0.2) is 24.3 Å². The zero-order chi connectivity index (χ0) is 14.9. The van der Waals surface area contributed by atoms with Crippen LogP contribution in [0.1, 0.15) is 28.8 Å². The van der Waals surface area contributed by atoms with Crippen molar-refractivity contribution in [1.29, 1.82) is 0 Å². The van der Waals surface area contributed by atoms with Gasteiger partial charge in [0.25, 0.3) is 0 Å². The van der Waals surface area contributed by atoms with E-state index in [2.05, 4.69) is 10.1 Å². The van der Waals surface area contributed by atoms with E-state index in [1.165, 1.54) is 16.8 Å². The van der Waals surface area contributed by atoms with Crippen molar-refractivity contribution in [2.45, 2.75) is 32.6 Å². The summed E-state index contributed by atoms with van der Waals surface area (Å²) in [5.41, 5.74) is 5.27. The third-order valence-corrected chi connectivity index (χ3v) is 3.00. The van der Waals surface area contributed by atoms with Crippen LogP contribution in [-0.2, 0) is 12.7 Å². The first-order valence-electron chi connectivity index (χ1n) is 6.09. The molecule has 1 heterocycles. The second-order valence-corrected chi connectivity index (χ2v) is 4.58. The maximum Gasteiger partial charge on any atom is 0.416 e. The molecule has 0 amide bonds. The van der Waals surface area contributed by atoms with Crippen LogP contribution in [0.5, 0.6) is 0 Å².